The van der Waals surface area contributed by atoms with Crippen molar-refractivity contribution >= 4 is 49.0 Å². The number of benzene rings is 1. The largest absolute Gasteiger partial charge is 0.458 e. The van der Waals surface area contributed by atoms with E-state index in [1.807, 2.05) is 19.1 Å². The van der Waals surface area contributed by atoms with Crippen molar-refractivity contribution in [1.82, 2.24) is 4.31 Å². The summed E-state index contributed by atoms with van der Waals surface area (Å²) < 4.78 is 40.8. The SMILES string of the molecule is Cc1c(S(=O)(=O)N2CCCC[C@@H]2CCOCC(=O)OC(C)(C)C)sc2ccc(Cl)cc12. The van der Waals surface area contributed by atoms with Crippen LogP contribution in [0.5, 0.6) is 0 Å². The van der Waals surface area contributed by atoms with Crippen LogP contribution >= 0.6 is 22.9 Å². The Bertz CT molecular complexity index is 1040. The van der Waals surface area contributed by atoms with Crippen molar-refractivity contribution in [1.29, 1.82) is 0 Å². The Labute approximate surface area is 193 Å². The van der Waals surface area contributed by atoms with Gasteiger partial charge in [-0.1, -0.05) is 18.0 Å². The lowest BCUT2D eigenvalue weighted by Gasteiger charge is -2.34. The van der Waals surface area contributed by atoms with Gasteiger partial charge in [0.1, 0.15) is 16.4 Å². The number of sulfonamides is 1. The summed E-state index contributed by atoms with van der Waals surface area (Å²) in [6.07, 6.45) is 3.14. The number of hydrogen-bond donors (Lipinski definition) is 0. The molecular weight excluding hydrogens is 458 g/mol. The zero-order valence-electron chi connectivity index (χ0n) is 18.4. The van der Waals surface area contributed by atoms with E-state index in [0.717, 1.165) is 34.9 Å². The van der Waals surface area contributed by atoms with E-state index in [1.54, 1.807) is 31.1 Å². The number of hydrogen-bond acceptors (Lipinski definition) is 6. The molecule has 1 aliphatic rings. The molecule has 0 N–H and O–H groups in total. The summed E-state index contributed by atoms with van der Waals surface area (Å²) in [5.41, 5.74) is 0.189. The van der Waals surface area contributed by atoms with E-state index < -0.39 is 21.6 Å². The Balaban J connectivity index is 1.70. The van der Waals surface area contributed by atoms with E-state index in [0.29, 0.717) is 28.8 Å². The average molecular weight is 488 g/mol. The number of ether oxygens (including phenoxy) is 2. The molecule has 9 heteroatoms. The van der Waals surface area contributed by atoms with E-state index in [-0.39, 0.29) is 12.6 Å². The van der Waals surface area contributed by atoms with Crippen LogP contribution in [-0.2, 0) is 24.3 Å². The zero-order valence-corrected chi connectivity index (χ0v) is 20.8. The maximum atomic E-state index is 13.6. The Morgan fingerprint density at radius 1 is 1.29 bits per heavy atom. The lowest BCUT2D eigenvalue weighted by molar-refractivity contribution is -0.160. The fraction of sp³-hybridized carbons (Fsp3) is 0.591. The molecule has 0 radical (unpaired) electrons. The van der Waals surface area contributed by atoms with Crippen LogP contribution in [0.2, 0.25) is 5.02 Å². The van der Waals surface area contributed by atoms with Gasteiger partial charge in [0.25, 0.3) is 10.0 Å². The molecule has 0 saturated carbocycles. The van der Waals surface area contributed by atoms with E-state index in [2.05, 4.69) is 0 Å². The van der Waals surface area contributed by atoms with Gasteiger partial charge >= 0.3 is 5.97 Å². The van der Waals surface area contributed by atoms with Crippen LogP contribution < -0.4 is 0 Å². The van der Waals surface area contributed by atoms with Crippen molar-refractivity contribution in [3.63, 3.8) is 0 Å². The number of esters is 1. The predicted molar refractivity (Wildman–Crippen MR) is 124 cm³/mol. The smallest absolute Gasteiger partial charge is 0.332 e. The molecule has 0 spiro atoms. The first-order valence-electron chi connectivity index (χ1n) is 10.5. The van der Waals surface area contributed by atoms with Gasteiger partial charge in [-0.05, 0) is 76.1 Å². The number of carbonyl (C=O) groups is 1. The molecule has 172 valence electrons. The first-order chi connectivity index (χ1) is 14.5. The Hall–Kier alpha value is -1.19. The second kappa shape index (κ2) is 9.75. The molecule has 1 aliphatic heterocycles. The number of fused-ring (bicyclic) bond motifs is 1. The zero-order chi connectivity index (χ0) is 22.8. The van der Waals surface area contributed by atoms with Crippen molar-refractivity contribution < 1.29 is 22.7 Å². The van der Waals surface area contributed by atoms with Gasteiger partial charge in [0, 0.05) is 28.9 Å². The molecule has 1 aromatic heterocycles. The minimum atomic E-state index is -3.63. The molecule has 2 aromatic rings. The quantitative estimate of drug-likeness (QED) is 0.398. The van der Waals surface area contributed by atoms with E-state index in [1.165, 1.54) is 11.3 Å². The molecular formula is C22H30ClNO5S2. The topological polar surface area (TPSA) is 72.9 Å². The van der Waals surface area contributed by atoms with Crippen LogP contribution in [0.15, 0.2) is 22.4 Å². The summed E-state index contributed by atoms with van der Waals surface area (Å²) >= 11 is 7.40. The summed E-state index contributed by atoms with van der Waals surface area (Å²) in [7, 11) is -3.63. The van der Waals surface area contributed by atoms with E-state index >= 15 is 0 Å². The maximum Gasteiger partial charge on any atom is 0.332 e. The number of thiophene rings is 1. The highest BCUT2D eigenvalue weighted by molar-refractivity contribution is 7.91. The molecule has 31 heavy (non-hydrogen) atoms. The van der Waals surface area contributed by atoms with Gasteiger partial charge in [-0.15, -0.1) is 11.3 Å². The van der Waals surface area contributed by atoms with Gasteiger partial charge in [-0.2, -0.15) is 4.31 Å². The number of piperidine rings is 1. The highest BCUT2D eigenvalue weighted by atomic mass is 35.5. The van der Waals surface area contributed by atoms with Crippen molar-refractivity contribution in [3.05, 3.63) is 28.8 Å². The molecule has 1 aromatic carbocycles. The van der Waals surface area contributed by atoms with Crippen molar-refractivity contribution in [2.24, 2.45) is 0 Å². The number of nitrogens with zero attached hydrogens (tertiary/aromatic N) is 1. The number of aryl methyl sites for hydroxylation is 1. The van der Waals surface area contributed by atoms with E-state index in [4.69, 9.17) is 21.1 Å². The molecule has 0 bridgehead atoms. The minimum absolute atomic E-state index is 0.132. The maximum absolute atomic E-state index is 13.6. The third-order valence-electron chi connectivity index (χ3n) is 5.21. The lowest BCUT2D eigenvalue weighted by Crippen LogP contribution is -2.44. The number of rotatable bonds is 7. The van der Waals surface area contributed by atoms with Crippen molar-refractivity contribution in [3.8, 4) is 0 Å². The van der Waals surface area contributed by atoms with Crippen LogP contribution in [0.3, 0.4) is 0 Å². The van der Waals surface area contributed by atoms with Gasteiger partial charge in [0.05, 0.1) is 0 Å². The third kappa shape index (κ3) is 5.99. The summed E-state index contributed by atoms with van der Waals surface area (Å²) in [5.74, 6) is -0.416. The van der Waals surface area contributed by atoms with Crippen molar-refractivity contribution in [2.45, 2.75) is 69.2 Å². The standard InChI is InChI=1S/C22H30ClNO5S2/c1-15-18-13-16(23)8-9-19(18)30-21(15)31(26,27)24-11-6-5-7-17(24)10-12-28-14-20(25)29-22(2,3)4/h8-9,13,17H,5-7,10-12,14H2,1-4H3/t17-/m1/s1. The molecule has 0 unspecified atom stereocenters. The number of halogens is 1. The second-order valence-electron chi connectivity index (χ2n) is 8.85. The predicted octanol–water partition coefficient (Wildman–Crippen LogP) is 5.15. The van der Waals surface area contributed by atoms with E-state index in [9.17, 15) is 13.2 Å². The Morgan fingerprint density at radius 3 is 2.74 bits per heavy atom. The molecule has 1 saturated heterocycles. The first-order valence-corrected chi connectivity index (χ1v) is 13.1. The van der Waals surface area contributed by atoms with Crippen LogP contribution in [0.4, 0.5) is 0 Å². The average Bonchev–Trinajstić information content (AvgIpc) is 3.01. The summed E-state index contributed by atoms with van der Waals surface area (Å²) in [6, 6.07) is 5.32. The molecule has 2 heterocycles. The van der Waals surface area contributed by atoms with Gasteiger partial charge in [0.15, 0.2) is 0 Å². The van der Waals surface area contributed by atoms with Gasteiger partial charge in [-0.25, -0.2) is 13.2 Å². The molecule has 0 aliphatic carbocycles. The molecule has 6 nitrogen and oxygen atoms in total. The Morgan fingerprint density at radius 2 is 2.03 bits per heavy atom. The van der Waals surface area contributed by atoms with Gasteiger partial charge in [0.2, 0.25) is 0 Å². The minimum Gasteiger partial charge on any atom is -0.458 e. The van der Waals surface area contributed by atoms with Crippen LogP contribution in [0.25, 0.3) is 10.1 Å². The fourth-order valence-electron chi connectivity index (χ4n) is 3.85. The lowest BCUT2D eigenvalue weighted by atomic mass is 10.0. The molecule has 3 rings (SSSR count). The van der Waals surface area contributed by atoms with Crippen LogP contribution in [0.1, 0.15) is 52.0 Å². The van der Waals surface area contributed by atoms with Gasteiger partial charge in [-0.3, -0.25) is 0 Å². The molecule has 1 fully saturated rings. The first kappa shape index (κ1) is 24.5. The Kier molecular flexibility index (Phi) is 7.69. The number of carbonyl (C=O) groups excluding carboxylic acids is 1. The van der Waals surface area contributed by atoms with Crippen LogP contribution in [0, 0.1) is 6.92 Å². The van der Waals surface area contributed by atoms with Crippen LogP contribution in [-0.4, -0.2) is 50.1 Å². The highest BCUT2D eigenvalue weighted by Gasteiger charge is 2.35. The summed E-state index contributed by atoms with van der Waals surface area (Å²) in [5, 5.41) is 1.47. The fourth-order valence-corrected chi connectivity index (χ4v) is 7.60. The van der Waals surface area contributed by atoms with Crippen molar-refractivity contribution in [2.75, 3.05) is 19.8 Å². The second-order valence-corrected chi connectivity index (χ2v) is 12.4. The molecule has 1 atom stereocenters. The normalized spacial score (nSPS) is 18.4. The molecule has 0 amide bonds. The monoisotopic (exact) mass is 487 g/mol. The highest BCUT2D eigenvalue weighted by Crippen LogP contribution is 2.38. The summed E-state index contributed by atoms with van der Waals surface area (Å²) in [6.45, 7) is 7.92. The third-order valence-corrected chi connectivity index (χ3v) is 9.26. The van der Waals surface area contributed by atoms with Gasteiger partial charge < -0.3 is 9.47 Å². The summed E-state index contributed by atoms with van der Waals surface area (Å²) in [4.78, 5) is 11.8.